The molecule has 1 N–H and O–H groups in total. The first-order valence-electron chi connectivity index (χ1n) is 9.91. The lowest BCUT2D eigenvalue weighted by Crippen LogP contribution is -2.44. The molecule has 2 heterocycles. The molecule has 3 rings (SSSR count). The summed E-state index contributed by atoms with van der Waals surface area (Å²) in [5, 5.41) is 2.71. The highest BCUT2D eigenvalue weighted by Crippen LogP contribution is 2.32. The van der Waals surface area contributed by atoms with E-state index in [-0.39, 0.29) is 24.3 Å². The van der Waals surface area contributed by atoms with Crippen LogP contribution in [0.15, 0.2) is 30.3 Å². The Hall–Kier alpha value is -2.67. The lowest BCUT2D eigenvalue weighted by molar-refractivity contribution is 0.0985. The molecule has 0 aliphatic carbocycles. The molecule has 29 heavy (non-hydrogen) atoms. The monoisotopic (exact) mass is 401 g/mol. The van der Waals surface area contributed by atoms with Gasteiger partial charge in [0.25, 0.3) is 0 Å². The molecule has 1 saturated heterocycles. The fourth-order valence-corrected chi connectivity index (χ4v) is 3.31. The molecule has 1 aliphatic heterocycles. The van der Waals surface area contributed by atoms with Crippen LogP contribution in [0.2, 0.25) is 0 Å². The molecule has 1 aromatic carbocycles. The fraction of sp³-hybridized carbons (Fsp3) is 0.455. The minimum Gasteiger partial charge on any atom is -0.408 e. The van der Waals surface area contributed by atoms with Gasteiger partial charge in [-0.3, -0.25) is 0 Å². The number of morpholine rings is 1. The Morgan fingerprint density at radius 3 is 2.76 bits per heavy atom. The first kappa shape index (κ1) is 21.0. The number of ether oxygens (including phenoxy) is 2. The van der Waals surface area contributed by atoms with Crippen molar-refractivity contribution in [2.45, 2.75) is 46.2 Å². The van der Waals surface area contributed by atoms with E-state index in [1.165, 1.54) is 12.1 Å². The van der Waals surface area contributed by atoms with Crippen LogP contribution >= 0.6 is 0 Å². The second-order valence-corrected chi connectivity index (χ2v) is 7.65. The molecular weight excluding hydrogens is 373 g/mol. The molecular formula is C22H28FN3O3. The first-order valence-corrected chi connectivity index (χ1v) is 9.91. The number of hydrogen-bond acceptors (Lipinski definition) is 5. The number of carbonyl (C=O) groups excluding carboxylic acids is 1. The van der Waals surface area contributed by atoms with Gasteiger partial charge in [0.1, 0.15) is 11.6 Å². The molecule has 1 fully saturated rings. The zero-order chi connectivity index (χ0) is 21.0. The largest absolute Gasteiger partial charge is 0.412 e. The van der Waals surface area contributed by atoms with Crippen LogP contribution in [0.1, 0.15) is 43.5 Å². The molecule has 0 unspecified atom stereocenters. The van der Waals surface area contributed by atoms with Crippen molar-refractivity contribution in [1.29, 1.82) is 0 Å². The number of carbonyl (C=O) groups is 1. The Morgan fingerprint density at radius 2 is 2.10 bits per heavy atom. The fourth-order valence-electron chi connectivity index (χ4n) is 3.31. The predicted octanol–water partition coefficient (Wildman–Crippen LogP) is 4.17. The number of aryl methyl sites for hydroxylation is 1. The maximum atomic E-state index is 13.0. The molecule has 2 aromatic rings. The van der Waals surface area contributed by atoms with E-state index in [1.807, 2.05) is 26.8 Å². The summed E-state index contributed by atoms with van der Waals surface area (Å²) in [5.74, 6) is 1.14. The van der Waals surface area contributed by atoms with Crippen molar-refractivity contribution in [3.63, 3.8) is 0 Å². The van der Waals surface area contributed by atoms with E-state index in [2.05, 4.69) is 17.1 Å². The summed E-state index contributed by atoms with van der Waals surface area (Å²) in [4.78, 5) is 19.4. The van der Waals surface area contributed by atoms with E-state index in [0.29, 0.717) is 19.0 Å². The van der Waals surface area contributed by atoms with Gasteiger partial charge >= 0.3 is 6.09 Å². The topological polar surface area (TPSA) is 63.7 Å². The molecule has 1 amide bonds. The van der Waals surface area contributed by atoms with Crippen molar-refractivity contribution in [2.75, 3.05) is 24.7 Å². The lowest BCUT2D eigenvalue weighted by Gasteiger charge is -2.35. The molecule has 0 radical (unpaired) electrons. The standard InChI is InChI=1S/C22H28FN3O3/c1-14(2)20-21(29-22(27)24-12-17-5-7-18(23)8-6-17)15(3)11-19(25-20)26-9-10-28-13-16(26)4/h5-8,11,14,16H,9-10,12-13H2,1-4H3,(H,24,27)/t16-/m1/s1. The normalized spacial score (nSPS) is 16.8. The highest BCUT2D eigenvalue weighted by atomic mass is 19.1. The van der Waals surface area contributed by atoms with Crippen LogP contribution < -0.4 is 15.0 Å². The number of hydrogen-bond donors (Lipinski definition) is 1. The zero-order valence-electron chi connectivity index (χ0n) is 17.4. The summed E-state index contributed by atoms with van der Waals surface area (Å²) in [6, 6.07) is 8.16. The van der Waals surface area contributed by atoms with Gasteiger partial charge in [0, 0.05) is 13.1 Å². The lowest BCUT2D eigenvalue weighted by atomic mass is 10.1. The van der Waals surface area contributed by atoms with Crippen LogP contribution in [0.4, 0.5) is 15.0 Å². The van der Waals surface area contributed by atoms with Crippen molar-refractivity contribution >= 4 is 11.9 Å². The Labute approximate surface area is 171 Å². The van der Waals surface area contributed by atoms with Crippen molar-refractivity contribution < 1.29 is 18.7 Å². The van der Waals surface area contributed by atoms with Gasteiger partial charge in [-0.2, -0.15) is 0 Å². The number of aromatic nitrogens is 1. The molecule has 1 atom stereocenters. The van der Waals surface area contributed by atoms with E-state index in [0.717, 1.165) is 29.2 Å². The molecule has 0 saturated carbocycles. The highest BCUT2D eigenvalue weighted by Gasteiger charge is 2.24. The number of halogens is 1. The van der Waals surface area contributed by atoms with E-state index >= 15 is 0 Å². The first-order chi connectivity index (χ1) is 13.8. The Balaban J connectivity index is 1.75. The van der Waals surface area contributed by atoms with Gasteiger partial charge in [-0.05, 0) is 49.1 Å². The maximum absolute atomic E-state index is 13.0. The quantitative estimate of drug-likeness (QED) is 0.815. The van der Waals surface area contributed by atoms with E-state index in [9.17, 15) is 9.18 Å². The molecule has 156 valence electrons. The third kappa shape index (κ3) is 5.23. The Kier molecular flexibility index (Phi) is 6.69. The molecule has 0 spiro atoms. The molecule has 7 heteroatoms. The second kappa shape index (κ2) is 9.22. The minimum atomic E-state index is -0.561. The summed E-state index contributed by atoms with van der Waals surface area (Å²) in [5.41, 5.74) is 2.39. The second-order valence-electron chi connectivity index (χ2n) is 7.65. The van der Waals surface area contributed by atoms with Gasteiger partial charge in [0.2, 0.25) is 0 Å². The van der Waals surface area contributed by atoms with Crippen LogP contribution in [-0.4, -0.2) is 36.9 Å². The van der Waals surface area contributed by atoms with Crippen LogP contribution in [0, 0.1) is 12.7 Å². The van der Waals surface area contributed by atoms with Crippen LogP contribution in [0.25, 0.3) is 0 Å². The van der Waals surface area contributed by atoms with Crippen molar-refractivity contribution in [2.24, 2.45) is 0 Å². The number of amides is 1. The van der Waals surface area contributed by atoms with Crippen LogP contribution in [-0.2, 0) is 11.3 Å². The average molecular weight is 401 g/mol. The number of pyridine rings is 1. The minimum absolute atomic E-state index is 0.0879. The molecule has 1 aliphatic rings. The van der Waals surface area contributed by atoms with Crippen molar-refractivity contribution in [3.05, 3.63) is 53.0 Å². The smallest absolute Gasteiger partial charge is 0.408 e. The van der Waals surface area contributed by atoms with E-state index in [1.54, 1.807) is 12.1 Å². The SMILES string of the molecule is Cc1cc(N2CCOC[C@H]2C)nc(C(C)C)c1OC(=O)NCc1ccc(F)cc1. The van der Waals surface area contributed by atoms with Gasteiger partial charge in [0.05, 0.1) is 24.9 Å². The summed E-state index contributed by atoms with van der Waals surface area (Å²) < 4.78 is 24.1. The van der Waals surface area contributed by atoms with Gasteiger partial charge in [0.15, 0.2) is 5.75 Å². The number of nitrogens with one attached hydrogen (secondary N) is 1. The average Bonchev–Trinajstić information content (AvgIpc) is 2.69. The van der Waals surface area contributed by atoms with Gasteiger partial charge < -0.3 is 19.7 Å². The molecule has 1 aromatic heterocycles. The van der Waals surface area contributed by atoms with Gasteiger partial charge in [-0.1, -0.05) is 26.0 Å². The summed E-state index contributed by atoms with van der Waals surface area (Å²) in [6.45, 7) is 10.5. The van der Waals surface area contributed by atoms with Crippen molar-refractivity contribution in [3.8, 4) is 5.75 Å². The van der Waals surface area contributed by atoms with Gasteiger partial charge in [-0.25, -0.2) is 14.2 Å². The molecule has 0 bridgehead atoms. The van der Waals surface area contributed by atoms with E-state index in [4.69, 9.17) is 14.5 Å². The third-order valence-corrected chi connectivity index (χ3v) is 4.93. The summed E-state index contributed by atoms with van der Waals surface area (Å²) in [6.07, 6.45) is -0.561. The van der Waals surface area contributed by atoms with Crippen molar-refractivity contribution in [1.82, 2.24) is 10.3 Å². The number of rotatable bonds is 5. The Bertz CT molecular complexity index is 855. The van der Waals surface area contributed by atoms with Crippen LogP contribution in [0.5, 0.6) is 5.75 Å². The maximum Gasteiger partial charge on any atom is 0.412 e. The number of nitrogens with zero attached hydrogens (tertiary/aromatic N) is 2. The molecule has 6 nitrogen and oxygen atoms in total. The van der Waals surface area contributed by atoms with Gasteiger partial charge in [-0.15, -0.1) is 0 Å². The summed E-state index contributed by atoms with van der Waals surface area (Å²) >= 11 is 0. The predicted molar refractivity (Wildman–Crippen MR) is 110 cm³/mol. The van der Waals surface area contributed by atoms with Crippen LogP contribution in [0.3, 0.4) is 0 Å². The highest BCUT2D eigenvalue weighted by molar-refractivity contribution is 5.71. The zero-order valence-corrected chi connectivity index (χ0v) is 17.4. The Morgan fingerprint density at radius 1 is 1.38 bits per heavy atom. The summed E-state index contributed by atoms with van der Waals surface area (Å²) in [7, 11) is 0. The van der Waals surface area contributed by atoms with E-state index < -0.39 is 6.09 Å². The number of benzene rings is 1. The number of anilines is 1. The third-order valence-electron chi connectivity index (χ3n) is 4.93.